The highest BCUT2D eigenvalue weighted by molar-refractivity contribution is 7.19. The zero-order valence-electron chi connectivity index (χ0n) is 39.5. The van der Waals surface area contributed by atoms with Crippen LogP contribution in [0.2, 0.25) is 0 Å². The maximum atomic E-state index is 5.52. The van der Waals surface area contributed by atoms with Crippen molar-refractivity contribution in [1.82, 2.24) is 33.1 Å². The summed E-state index contributed by atoms with van der Waals surface area (Å²) in [6, 6.07) is 94.3. The molecule has 0 fully saturated rings. The SMILES string of the molecule is c1ccc([Si](c2ccccc2)(c2ccc(-c3nc(-n4c5ccccc5c5ccccc54)cc(-n4c5ccccc5n5c6ccccc6nc45)n3)cc2)c2ccc(-n3c4ccccc4c4ccccc43)cc2)cc1. The molecule has 5 heterocycles. The number of imidazole rings is 2. The van der Waals surface area contributed by atoms with Gasteiger partial charge in [0.05, 0.1) is 44.1 Å². The minimum absolute atomic E-state index is 0.621. The molecule has 0 aliphatic heterocycles. The zero-order valence-corrected chi connectivity index (χ0v) is 40.5. The molecular formula is C65H43N7Si. The fraction of sp³-hybridized carbons (Fsp3) is 0. The van der Waals surface area contributed by atoms with Crippen molar-refractivity contribution in [2.75, 3.05) is 0 Å². The number of fused-ring (bicyclic) bond motifs is 11. The van der Waals surface area contributed by atoms with E-state index >= 15 is 0 Å². The second-order valence-corrected chi connectivity index (χ2v) is 22.6. The fourth-order valence-corrected chi connectivity index (χ4v) is 16.6. The maximum absolute atomic E-state index is 5.52. The second kappa shape index (κ2) is 16.2. The Morgan fingerprint density at radius 2 is 0.685 bits per heavy atom. The van der Waals surface area contributed by atoms with Gasteiger partial charge in [0.15, 0.2) is 13.9 Å². The minimum Gasteiger partial charge on any atom is -0.309 e. The van der Waals surface area contributed by atoms with Gasteiger partial charge in [-0.15, -0.1) is 0 Å². The lowest BCUT2D eigenvalue weighted by atomic mass is 10.2. The summed E-state index contributed by atoms with van der Waals surface area (Å²) < 4.78 is 9.12. The first-order chi connectivity index (χ1) is 36.2. The van der Waals surface area contributed by atoms with Crippen LogP contribution in [0.25, 0.3) is 100 Å². The molecule has 0 radical (unpaired) electrons. The van der Waals surface area contributed by atoms with Crippen LogP contribution in [0.15, 0.2) is 261 Å². The summed E-state index contributed by atoms with van der Waals surface area (Å²) in [6.45, 7) is 0. The van der Waals surface area contributed by atoms with E-state index in [-0.39, 0.29) is 0 Å². The van der Waals surface area contributed by atoms with Gasteiger partial charge in [0.1, 0.15) is 11.6 Å². The van der Waals surface area contributed by atoms with Crippen LogP contribution in [-0.4, -0.2) is 41.1 Å². The van der Waals surface area contributed by atoms with E-state index in [9.17, 15) is 0 Å². The van der Waals surface area contributed by atoms with E-state index in [0.717, 1.165) is 61.8 Å². The zero-order chi connectivity index (χ0) is 48.0. The van der Waals surface area contributed by atoms with E-state index in [1.165, 1.54) is 53.3 Å². The van der Waals surface area contributed by atoms with Gasteiger partial charge in [-0.1, -0.05) is 194 Å². The first-order valence-electron chi connectivity index (χ1n) is 24.8. The van der Waals surface area contributed by atoms with E-state index in [1.54, 1.807) is 0 Å². The minimum atomic E-state index is -2.96. The van der Waals surface area contributed by atoms with Crippen LogP contribution in [0.3, 0.4) is 0 Å². The predicted molar refractivity (Wildman–Crippen MR) is 303 cm³/mol. The maximum Gasteiger partial charge on any atom is 0.221 e. The van der Waals surface area contributed by atoms with E-state index < -0.39 is 8.07 Å². The van der Waals surface area contributed by atoms with E-state index in [4.69, 9.17) is 15.0 Å². The molecule has 0 spiro atoms. The van der Waals surface area contributed by atoms with Crippen LogP contribution >= 0.6 is 0 Å². The molecule has 0 aliphatic rings. The summed E-state index contributed by atoms with van der Waals surface area (Å²) >= 11 is 0. The Morgan fingerprint density at radius 1 is 0.288 bits per heavy atom. The average molecular weight is 950 g/mol. The molecule has 0 saturated heterocycles. The van der Waals surface area contributed by atoms with Gasteiger partial charge < -0.3 is 4.57 Å². The van der Waals surface area contributed by atoms with Crippen LogP contribution in [0, 0.1) is 0 Å². The van der Waals surface area contributed by atoms with Crippen LogP contribution in [0.1, 0.15) is 0 Å². The summed E-state index contributed by atoms with van der Waals surface area (Å²) in [7, 11) is -2.96. The molecule has 15 rings (SSSR count). The number of rotatable bonds is 8. The van der Waals surface area contributed by atoms with Crippen molar-refractivity contribution in [3.63, 3.8) is 0 Å². The van der Waals surface area contributed by atoms with Crippen molar-refractivity contribution in [2.45, 2.75) is 0 Å². The molecule has 5 aromatic heterocycles. The van der Waals surface area contributed by atoms with Crippen molar-refractivity contribution in [2.24, 2.45) is 0 Å². The number of hydrogen-bond donors (Lipinski definition) is 0. The number of para-hydroxylation sites is 8. The van der Waals surface area contributed by atoms with Gasteiger partial charge in [-0.3, -0.25) is 13.5 Å². The summed E-state index contributed by atoms with van der Waals surface area (Å²) in [5.74, 6) is 2.92. The van der Waals surface area contributed by atoms with Gasteiger partial charge in [-0.25, -0.2) is 15.0 Å². The summed E-state index contributed by atoms with van der Waals surface area (Å²) in [5.41, 5.74) is 10.6. The molecule has 0 bridgehead atoms. The summed E-state index contributed by atoms with van der Waals surface area (Å²) in [4.78, 5) is 16.3. The molecule has 0 atom stereocenters. The number of hydrogen-bond acceptors (Lipinski definition) is 3. The van der Waals surface area contributed by atoms with Gasteiger partial charge in [0, 0.05) is 38.9 Å². The molecule has 342 valence electrons. The Balaban J connectivity index is 0.947. The number of nitrogens with zero attached hydrogens (tertiary/aromatic N) is 7. The molecule has 0 N–H and O–H groups in total. The largest absolute Gasteiger partial charge is 0.309 e. The number of benzene rings is 10. The third kappa shape index (κ3) is 6.14. The van der Waals surface area contributed by atoms with Crippen LogP contribution in [0.5, 0.6) is 0 Å². The Hall–Kier alpha value is -9.63. The third-order valence-electron chi connectivity index (χ3n) is 15.0. The summed E-state index contributed by atoms with van der Waals surface area (Å²) in [5, 5.41) is 10.0. The Bertz CT molecular complexity index is 4460. The highest BCUT2D eigenvalue weighted by atomic mass is 28.3. The van der Waals surface area contributed by atoms with Crippen molar-refractivity contribution >= 4 is 100 Å². The molecule has 15 aromatic rings. The molecule has 10 aromatic carbocycles. The van der Waals surface area contributed by atoms with Crippen molar-refractivity contribution in [3.8, 4) is 28.7 Å². The van der Waals surface area contributed by atoms with Crippen LogP contribution < -0.4 is 20.7 Å². The molecular weight excluding hydrogens is 907 g/mol. The lowest BCUT2D eigenvalue weighted by Crippen LogP contribution is -2.74. The van der Waals surface area contributed by atoms with Crippen molar-refractivity contribution < 1.29 is 0 Å². The van der Waals surface area contributed by atoms with Gasteiger partial charge in [-0.05, 0) is 81.4 Å². The molecule has 0 saturated carbocycles. The fourth-order valence-electron chi connectivity index (χ4n) is 11.8. The van der Waals surface area contributed by atoms with E-state index in [0.29, 0.717) is 5.82 Å². The van der Waals surface area contributed by atoms with E-state index in [1.807, 2.05) is 6.07 Å². The molecule has 7 nitrogen and oxygen atoms in total. The number of aromatic nitrogens is 7. The summed E-state index contributed by atoms with van der Waals surface area (Å²) in [6.07, 6.45) is 0. The standard InChI is InChI=1S/C65H43N7Si/c1-3-19-46(20-4-1)73(47-21-5-2-6-22-47,49-41-37-45(38-42-49)69-55-28-12-7-23-50(55)51-24-8-13-29-56(51)69)48-39-35-44(36-40-48)64-67-62(70-57-30-14-9-25-52(57)53-26-10-15-31-58(53)70)43-63(68-64)72-61-34-18-17-33-60(61)71-59-32-16-11-27-54(59)66-65(71)72/h1-43H. The second-order valence-electron chi connectivity index (χ2n) is 18.8. The van der Waals surface area contributed by atoms with Crippen molar-refractivity contribution in [1.29, 1.82) is 0 Å². The average Bonchev–Trinajstić information content (AvgIpc) is 4.20. The normalized spacial score (nSPS) is 12.1. The van der Waals surface area contributed by atoms with Gasteiger partial charge >= 0.3 is 0 Å². The monoisotopic (exact) mass is 949 g/mol. The smallest absolute Gasteiger partial charge is 0.221 e. The molecule has 8 heteroatoms. The van der Waals surface area contributed by atoms with Gasteiger partial charge in [0.2, 0.25) is 5.78 Å². The lowest BCUT2D eigenvalue weighted by molar-refractivity contribution is 0.980. The highest BCUT2D eigenvalue weighted by Crippen LogP contribution is 2.35. The Kier molecular flexibility index (Phi) is 9.14. The first kappa shape index (κ1) is 41.2. The van der Waals surface area contributed by atoms with Crippen LogP contribution in [0.4, 0.5) is 0 Å². The molecule has 0 unspecified atom stereocenters. The molecule has 0 amide bonds. The Labute approximate surface area is 420 Å². The van der Waals surface area contributed by atoms with Gasteiger partial charge in [0.25, 0.3) is 0 Å². The molecule has 73 heavy (non-hydrogen) atoms. The van der Waals surface area contributed by atoms with Gasteiger partial charge in [-0.2, -0.15) is 0 Å². The lowest BCUT2D eigenvalue weighted by Gasteiger charge is -2.34. The van der Waals surface area contributed by atoms with Crippen molar-refractivity contribution in [3.05, 3.63) is 261 Å². The Morgan fingerprint density at radius 3 is 1.22 bits per heavy atom. The quantitative estimate of drug-likeness (QED) is 0.113. The van der Waals surface area contributed by atoms with E-state index in [2.05, 4.69) is 273 Å². The highest BCUT2D eigenvalue weighted by Gasteiger charge is 2.41. The third-order valence-corrected chi connectivity index (χ3v) is 19.8. The molecule has 0 aliphatic carbocycles. The topological polar surface area (TPSA) is 57.9 Å². The van der Waals surface area contributed by atoms with Crippen LogP contribution in [-0.2, 0) is 0 Å². The first-order valence-corrected chi connectivity index (χ1v) is 26.8. The predicted octanol–water partition coefficient (Wildman–Crippen LogP) is 12.5.